The number of anilines is 1. The summed E-state index contributed by atoms with van der Waals surface area (Å²) >= 11 is 0. The molecule has 46 heavy (non-hydrogen) atoms. The van der Waals surface area contributed by atoms with Crippen molar-refractivity contribution in [2.45, 2.75) is 31.7 Å². The van der Waals surface area contributed by atoms with Crippen LogP contribution in [0.1, 0.15) is 16.7 Å². The average molecular weight is 615 g/mol. The fraction of sp³-hybridized carbons (Fsp3) is 0.270. The Morgan fingerprint density at radius 3 is 2.37 bits per heavy atom. The van der Waals surface area contributed by atoms with E-state index in [9.17, 15) is 14.4 Å². The molecule has 4 aromatic rings. The van der Waals surface area contributed by atoms with Gasteiger partial charge in [-0.1, -0.05) is 90.8 Å². The van der Waals surface area contributed by atoms with Crippen LogP contribution >= 0.6 is 0 Å². The molecule has 0 saturated carbocycles. The first-order valence-corrected chi connectivity index (χ1v) is 15.5. The van der Waals surface area contributed by atoms with E-state index >= 15 is 0 Å². The van der Waals surface area contributed by atoms with Crippen LogP contribution in [0, 0.1) is 12.3 Å². The van der Waals surface area contributed by atoms with Gasteiger partial charge in [0.15, 0.2) is 0 Å². The van der Waals surface area contributed by atoms with E-state index in [1.807, 2.05) is 103 Å². The van der Waals surface area contributed by atoms with Gasteiger partial charge in [0.1, 0.15) is 12.2 Å². The Balaban J connectivity index is 1.32. The standard InChI is InChI=1S/C37H38N6O3/c1-4-21-41(37(46)38-23-28-11-6-5-7-12-28)42-26-35(44)43-33(22-27-17-19-31(20-18-27)39(2)3)36(45)40(25-34(42)43)24-30-15-10-14-29-13-8-9-16-32(29)30/h1,5-20,33-34H,21-26H2,2-3H3,(H,38,46)/t33-,34+/m0/s1. The predicted molar refractivity (Wildman–Crippen MR) is 179 cm³/mol. The minimum absolute atomic E-state index is 0.0217. The zero-order valence-electron chi connectivity index (χ0n) is 26.2. The first-order chi connectivity index (χ1) is 22.3. The molecule has 2 aliphatic rings. The highest BCUT2D eigenvalue weighted by molar-refractivity contribution is 5.92. The first-order valence-electron chi connectivity index (χ1n) is 15.5. The summed E-state index contributed by atoms with van der Waals surface area (Å²) in [6, 6.07) is 30.7. The third kappa shape index (κ3) is 6.25. The van der Waals surface area contributed by atoms with E-state index < -0.39 is 18.2 Å². The fourth-order valence-corrected chi connectivity index (χ4v) is 6.41. The summed E-state index contributed by atoms with van der Waals surface area (Å²) in [5.41, 5.74) is 3.96. The van der Waals surface area contributed by atoms with E-state index in [2.05, 4.69) is 29.4 Å². The average Bonchev–Trinajstić information content (AvgIpc) is 3.40. The number of hydrazine groups is 1. The van der Waals surface area contributed by atoms with Crippen LogP contribution in [-0.2, 0) is 29.1 Å². The van der Waals surface area contributed by atoms with Gasteiger partial charge in [0.25, 0.3) is 0 Å². The third-order valence-electron chi connectivity index (χ3n) is 8.76. The molecule has 0 radical (unpaired) electrons. The molecule has 6 rings (SSSR count). The number of fused-ring (bicyclic) bond motifs is 2. The zero-order chi connectivity index (χ0) is 32.2. The van der Waals surface area contributed by atoms with Gasteiger partial charge in [-0.15, -0.1) is 6.42 Å². The molecular weight excluding hydrogens is 576 g/mol. The number of hydrogen-bond donors (Lipinski definition) is 1. The smallest absolute Gasteiger partial charge is 0.333 e. The summed E-state index contributed by atoms with van der Waals surface area (Å²) in [5, 5.41) is 8.28. The number of benzene rings is 4. The van der Waals surface area contributed by atoms with E-state index in [4.69, 9.17) is 6.42 Å². The van der Waals surface area contributed by atoms with Crippen molar-refractivity contribution in [3.8, 4) is 12.3 Å². The van der Waals surface area contributed by atoms with Crippen LogP contribution in [0.5, 0.6) is 0 Å². The number of amides is 4. The lowest BCUT2D eigenvalue weighted by Crippen LogP contribution is -2.66. The molecular formula is C37H38N6O3. The number of urea groups is 1. The number of nitrogens with zero attached hydrogens (tertiary/aromatic N) is 5. The number of piperazine rings is 1. The van der Waals surface area contributed by atoms with E-state index in [-0.39, 0.29) is 31.4 Å². The van der Waals surface area contributed by atoms with Crippen LogP contribution in [-0.4, -0.2) is 83.6 Å². The van der Waals surface area contributed by atoms with Gasteiger partial charge in [0.05, 0.1) is 19.6 Å². The van der Waals surface area contributed by atoms with Gasteiger partial charge in [-0.05, 0) is 39.6 Å². The molecule has 0 aliphatic carbocycles. The summed E-state index contributed by atoms with van der Waals surface area (Å²) in [6.45, 7) is 0.839. The number of terminal acetylenes is 1. The summed E-state index contributed by atoms with van der Waals surface area (Å²) in [6.07, 6.45) is 5.53. The Kier molecular flexibility index (Phi) is 8.90. The van der Waals surface area contributed by atoms with Crippen LogP contribution < -0.4 is 10.2 Å². The van der Waals surface area contributed by atoms with Crippen molar-refractivity contribution in [3.63, 3.8) is 0 Å². The molecule has 0 bridgehead atoms. The highest BCUT2D eigenvalue weighted by Gasteiger charge is 2.52. The fourth-order valence-electron chi connectivity index (χ4n) is 6.41. The van der Waals surface area contributed by atoms with Crippen molar-refractivity contribution in [1.82, 2.24) is 25.1 Å². The van der Waals surface area contributed by atoms with Crippen molar-refractivity contribution in [2.24, 2.45) is 0 Å². The van der Waals surface area contributed by atoms with Crippen LogP contribution in [0.25, 0.3) is 10.8 Å². The van der Waals surface area contributed by atoms with Crippen LogP contribution in [0.2, 0.25) is 0 Å². The molecule has 2 fully saturated rings. The third-order valence-corrected chi connectivity index (χ3v) is 8.76. The second-order valence-corrected chi connectivity index (χ2v) is 11.9. The monoisotopic (exact) mass is 614 g/mol. The maximum atomic E-state index is 14.3. The van der Waals surface area contributed by atoms with Crippen molar-refractivity contribution < 1.29 is 14.4 Å². The highest BCUT2D eigenvalue weighted by atomic mass is 16.2. The van der Waals surface area contributed by atoms with Crippen molar-refractivity contribution in [1.29, 1.82) is 0 Å². The van der Waals surface area contributed by atoms with E-state index in [1.54, 1.807) is 9.91 Å². The Labute approximate surface area is 269 Å². The minimum atomic E-state index is -0.739. The van der Waals surface area contributed by atoms with Gasteiger partial charge >= 0.3 is 6.03 Å². The molecule has 4 amide bonds. The quantitative estimate of drug-likeness (QED) is 0.288. The van der Waals surface area contributed by atoms with Crippen molar-refractivity contribution in [2.75, 3.05) is 38.6 Å². The highest BCUT2D eigenvalue weighted by Crippen LogP contribution is 2.31. The lowest BCUT2D eigenvalue weighted by atomic mass is 9.98. The number of rotatable bonds is 9. The van der Waals surface area contributed by atoms with Crippen LogP contribution in [0.15, 0.2) is 97.1 Å². The van der Waals surface area contributed by atoms with Gasteiger partial charge < -0.3 is 20.0 Å². The number of carbonyl (C=O) groups excluding carboxylic acids is 3. The number of hydrogen-bond acceptors (Lipinski definition) is 5. The Morgan fingerprint density at radius 2 is 1.63 bits per heavy atom. The Hall–Kier alpha value is -5.33. The molecule has 2 heterocycles. The van der Waals surface area contributed by atoms with Gasteiger partial charge in [-0.2, -0.15) is 5.01 Å². The molecule has 9 heteroatoms. The number of nitrogens with one attached hydrogen (secondary N) is 1. The minimum Gasteiger partial charge on any atom is -0.378 e. The Bertz CT molecular complexity index is 1760. The molecule has 1 N–H and O–H groups in total. The second kappa shape index (κ2) is 13.3. The molecule has 0 aromatic heterocycles. The van der Waals surface area contributed by atoms with Crippen molar-refractivity contribution in [3.05, 3.63) is 114 Å². The zero-order valence-corrected chi connectivity index (χ0v) is 26.2. The largest absolute Gasteiger partial charge is 0.378 e. The van der Waals surface area contributed by atoms with Crippen molar-refractivity contribution >= 4 is 34.3 Å². The maximum Gasteiger partial charge on any atom is 0.333 e. The van der Waals surface area contributed by atoms with Gasteiger partial charge in [0.2, 0.25) is 11.8 Å². The lowest BCUT2D eigenvalue weighted by molar-refractivity contribution is -0.157. The normalized spacial score (nSPS) is 17.9. The van der Waals surface area contributed by atoms with E-state index in [1.165, 1.54) is 5.01 Å². The summed E-state index contributed by atoms with van der Waals surface area (Å²) in [5.74, 6) is 2.26. The SMILES string of the molecule is C#CCN(C(=O)NCc1ccccc1)N1CC(=O)N2[C@@H](Cc3ccc(N(C)C)cc3)C(=O)N(Cc3cccc4ccccc34)C[C@@H]21. The van der Waals surface area contributed by atoms with Crippen LogP contribution in [0.3, 0.4) is 0 Å². The van der Waals surface area contributed by atoms with Crippen LogP contribution in [0.4, 0.5) is 10.5 Å². The number of carbonyl (C=O) groups is 3. The predicted octanol–water partition coefficient (Wildman–Crippen LogP) is 4.09. The molecule has 0 spiro atoms. The molecule has 234 valence electrons. The topological polar surface area (TPSA) is 79.4 Å². The lowest BCUT2D eigenvalue weighted by Gasteiger charge is -2.46. The molecule has 2 atom stereocenters. The molecule has 2 saturated heterocycles. The van der Waals surface area contributed by atoms with E-state index in [0.717, 1.165) is 33.2 Å². The maximum absolute atomic E-state index is 14.3. The summed E-state index contributed by atoms with van der Waals surface area (Å²) < 4.78 is 0. The summed E-state index contributed by atoms with van der Waals surface area (Å²) in [7, 11) is 3.95. The van der Waals surface area contributed by atoms with Gasteiger partial charge in [-0.25, -0.2) is 9.80 Å². The molecule has 4 aromatic carbocycles. The van der Waals surface area contributed by atoms with Gasteiger partial charge in [-0.3, -0.25) is 9.59 Å². The van der Waals surface area contributed by atoms with Gasteiger partial charge in [0, 0.05) is 39.3 Å². The van der Waals surface area contributed by atoms with E-state index in [0.29, 0.717) is 19.5 Å². The summed E-state index contributed by atoms with van der Waals surface area (Å²) in [4.78, 5) is 47.1. The molecule has 0 unspecified atom stereocenters. The molecule has 2 aliphatic heterocycles. The Morgan fingerprint density at radius 1 is 0.913 bits per heavy atom. The first kappa shape index (κ1) is 30.7. The second-order valence-electron chi connectivity index (χ2n) is 11.9. The molecule has 9 nitrogen and oxygen atoms in total.